The maximum atomic E-state index is 5.86. The molecule has 1 aliphatic rings. The SMILES string of the molecule is CC(C)c1nc(NCCCOC2CCCCC2)no1. The van der Waals surface area contributed by atoms with Gasteiger partial charge >= 0.3 is 0 Å². The second kappa shape index (κ2) is 7.48. The van der Waals surface area contributed by atoms with E-state index in [1.807, 2.05) is 13.8 Å². The summed E-state index contributed by atoms with van der Waals surface area (Å²) >= 11 is 0. The van der Waals surface area contributed by atoms with Crippen molar-refractivity contribution in [3.05, 3.63) is 5.89 Å². The summed E-state index contributed by atoms with van der Waals surface area (Å²) in [6, 6.07) is 0. The largest absolute Gasteiger partial charge is 0.378 e. The summed E-state index contributed by atoms with van der Waals surface area (Å²) in [5.74, 6) is 1.54. The maximum Gasteiger partial charge on any atom is 0.263 e. The quantitative estimate of drug-likeness (QED) is 0.768. The van der Waals surface area contributed by atoms with Gasteiger partial charge in [0.15, 0.2) is 0 Å². The highest BCUT2D eigenvalue weighted by Gasteiger charge is 2.13. The molecule has 5 heteroatoms. The van der Waals surface area contributed by atoms with E-state index < -0.39 is 0 Å². The third kappa shape index (κ3) is 4.82. The zero-order valence-corrected chi connectivity index (χ0v) is 12.0. The molecule has 2 rings (SSSR count). The van der Waals surface area contributed by atoms with Gasteiger partial charge in [-0.2, -0.15) is 4.98 Å². The van der Waals surface area contributed by atoms with Gasteiger partial charge in [-0.05, 0) is 24.4 Å². The highest BCUT2D eigenvalue weighted by atomic mass is 16.5. The minimum Gasteiger partial charge on any atom is -0.378 e. The summed E-state index contributed by atoms with van der Waals surface area (Å²) in [7, 11) is 0. The van der Waals surface area contributed by atoms with Gasteiger partial charge in [-0.3, -0.25) is 0 Å². The molecular formula is C14H25N3O2. The van der Waals surface area contributed by atoms with Crippen LogP contribution < -0.4 is 5.32 Å². The molecular weight excluding hydrogens is 242 g/mol. The van der Waals surface area contributed by atoms with Crippen LogP contribution in [-0.4, -0.2) is 29.4 Å². The van der Waals surface area contributed by atoms with Crippen LogP contribution in [0, 0.1) is 0 Å². The molecule has 1 aliphatic carbocycles. The van der Waals surface area contributed by atoms with E-state index in [-0.39, 0.29) is 5.92 Å². The van der Waals surface area contributed by atoms with Crippen LogP contribution in [0.2, 0.25) is 0 Å². The van der Waals surface area contributed by atoms with Crippen molar-refractivity contribution in [1.29, 1.82) is 0 Å². The lowest BCUT2D eigenvalue weighted by Gasteiger charge is -2.21. The van der Waals surface area contributed by atoms with Crippen molar-refractivity contribution in [3.8, 4) is 0 Å². The van der Waals surface area contributed by atoms with Gasteiger partial charge in [0, 0.05) is 19.1 Å². The molecule has 0 bridgehead atoms. The van der Waals surface area contributed by atoms with E-state index in [9.17, 15) is 0 Å². The Kier molecular flexibility index (Phi) is 5.63. The lowest BCUT2D eigenvalue weighted by atomic mass is 9.98. The highest BCUT2D eigenvalue weighted by Crippen LogP contribution is 2.20. The first kappa shape index (κ1) is 14.3. The molecule has 0 amide bonds. The van der Waals surface area contributed by atoms with Gasteiger partial charge in [0.05, 0.1) is 6.10 Å². The van der Waals surface area contributed by atoms with Gasteiger partial charge < -0.3 is 14.6 Å². The fourth-order valence-corrected chi connectivity index (χ4v) is 2.30. The predicted molar refractivity (Wildman–Crippen MR) is 74.3 cm³/mol. The number of hydrogen-bond donors (Lipinski definition) is 1. The Hall–Kier alpha value is -1.10. The Morgan fingerprint density at radius 1 is 1.32 bits per heavy atom. The van der Waals surface area contributed by atoms with Crippen LogP contribution in [0.1, 0.15) is 64.2 Å². The van der Waals surface area contributed by atoms with Crippen LogP contribution in [0.4, 0.5) is 5.95 Å². The third-order valence-electron chi connectivity index (χ3n) is 3.45. The second-order valence-corrected chi connectivity index (χ2v) is 5.52. The van der Waals surface area contributed by atoms with Crippen LogP contribution in [0.15, 0.2) is 4.52 Å². The molecule has 1 saturated carbocycles. The fraction of sp³-hybridized carbons (Fsp3) is 0.857. The molecule has 0 unspecified atom stereocenters. The smallest absolute Gasteiger partial charge is 0.263 e. The zero-order valence-electron chi connectivity index (χ0n) is 12.0. The molecule has 1 heterocycles. The molecule has 0 saturated heterocycles. The Balaban J connectivity index is 1.55. The molecule has 0 radical (unpaired) electrons. The van der Waals surface area contributed by atoms with Crippen LogP contribution in [0.3, 0.4) is 0 Å². The summed E-state index contributed by atoms with van der Waals surface area (Å²) in [5.41, 5.74) is 0. The van der Waals surface area contributed by atoms with Crippen LogP contribution in [-0.2, 0) is 4.74 Å². The van der Waals surface area contributed by atoms with Crippen LogP contribution in [0.5, 0.6) is 0 Å². The molecule has 19 heavy (non-hydrogen) atoms. The molecule has 108 valence electrons. The number of nitrogens with zero attached hydrogens (tertiary/aromatic N) is 2. The van der Waals surface area contributed by atoms with E-state index in [4.69, 9.17) is 9.26 Å². The fourth-order valence-electron chi connectivity index (χ4n) is 2.30. The number of ether oxygens (including phenoxy) is 1. The standard InChI is InChI=1S/C14H25N3O2/c1-11(2)13-16-14(17-19-13)15-9-6-10-18-12-7-4-3-5-8-12/h11-12H,3-10H2,1-2H3,(H,15,17). The summed E-state index contributed by atoms with van der Waals surface area (Å²) in [6.45, 7) is 5.71. The maximum absolute atomic E-state index is 5.86. The number of aromatic nitrogens is 2. The normalized spacial score (nSPS) is 17.0. The summed E-state index contributed by atoms with van der Waals surface area (Å²) in [4.78, 5) is 4.27. The van der Waals surface area contributed by atoms with E-state index in [0.29, 0.717) is 17.9 Å². The summed E-state index contributed by atoms with van der Waals surface area (Å²) in [6.07, 6.45) is 7.95. The Morgan fingerprint density at radius 2 is 2.11 bits per heavy atom. The molecule has 1 N–H and O–H groups in total. The Bertz CT molecular complexity index is 359. The molecule has 0 spiro atoms. The Morgan fingerprint density at radius 3 is 2.79 bits per heavy atom. The zero-order chi connectivity index (χ0) is 13.5. The summed E-state index contributed by atoms with van der Waals surface area (Å²) < 4.78 is 11.0. The van der Waals surface area contributed by atoms with Crippen molar-refractivity contribution in [2.75, 3.05) is 18.5 Å². The monoisotopic (exact) mass is 267 g/mol. The number of nitrogens with one attached hydrogen (secondary N) is 1. The summed E-state index contributed by atoms with van der Waals surface area (Å²) in [5, 5.41) is 7.05. The number of anilines is 1. The van der Waals surface area contributed by atoms with Crippen molar-refractivity contribution >= 4 is 5.95 Å². The minimum absolute atomic E-state index is 0.276. The first-order valence-electron chi connectivity index (χ1n) is 7.45. The van der Waals surface area contributed by atoms with E-state index >= 15 is 0 Å². The van der Waals surface area contributed by atoms with E-state index in [0.717, 1.165) is 19.6 Å². The lowest BCUT2D eigenvalue weighted by molar-refractivity contribution is 0.0284. The van der Waals surface area contributed by atoms with Crippen molar-refractivity contribution in [2.24, 2.45) is 0 Å². The third-order valence-corrected chi connectivity index (χ3v) is 3.45. The Labute approximate surface area is 115 Å². The molecule has 1 fully saturated rings. The molecule has 0 atom stereocenters. The van der Waals surface area contributed by atoms with E-state index in [1.165, 1.54) is 32.1 Å². The lowest BCUT2D eigenvalue weighted by Crippen LogP contribution is -2.18. The van der Waals surface area contributed by atoms with Crippen molar-refractivity contribution in [2.45, 2.75) is 64.4 Å². The second-order valence-electron chi connectivity index (χ2n) is 5.52. The van der Waals surface area contributed by atoms with Crippen LogP contribution >= 0.6 is 0 Å². The van der Waals surface area contributed by atoms with Crippen LogP contribution in [0.25, 0.3) is 0 Å². The van der Waals surface area contributed by atoms with Crippen molar-refractivity contribution < 1.29 is 9.26 Å². The first-order valence-corrected chi connectivity index (χ1v) is 7.45. The van der Waals surface area contributed by atoms with Gasteiger partial charge in [0.1, 0.15) is 0 Å². The highest BCUT2D eigenvalue weighted by molar-refractivity contribution is 5.21. The number of rotatable bonds is 7. The average Bonchev–Trinajstić information content (AvgIpc) is 2.89. The molecule has 0 aromatic carbocycles. The van der Waals surface area contributed by atoms with Crippen molar-refractivity contribution in [3.63, 3.8) is 0 Å². The average molecular weight is 267 g/mol. The molecule has 1 aromatic rings. The minimum atomic E-state index is 0.276. The number of hydrogen-bond acceptors (Lipinski definition) is 5. The molecule has 5 nitrogen and oxygen atoms in total. The van der Waals surface area contributed by atoms with Gasteiger partial charge in [-0.15, -0.1) is 0 Å². The van der Waals surface area contributed by atoms with Crippen molar-refractivity contribution in [1.82, 2.24) is 10.1 Å². The first-order chi connectivity index (χ1) is 9.25. The van der Waals surface area contributed by atoms with Gasteiger partial charge in [0.25, 0.3) is 5.95 Å². The van der Waals surface area contributed by atoms with E-state index in [1.54, 1.807) is 0 Å². The van der Waals surface area contributed by atoms with E-state index in [2.05, 4.69) is 15.5 Å². The van der Waals surface area contributed by atoms with Gasteiger partial charge in [0.2, 0.25) is 5.89 Å². The topological polar surface area (TPSA) is 60.2 Å². The van der Waals surface area contributed by atoms with Gasteiger partial charge in [-0.25, -0.2) is 0 Å². The molecule has 0 aliphatic heterocycles. The molecule has 1 aromatic heterocycles. The van der Waals surface area contributed by atoms with Gasteiger partial charge in [-0.1, -0.05) is 33.1 Å². The predicted octanol–water partition coefficient (Wildman–Crippen LogP) is 3.34.